The van der Waals surface area contributed by atoms with Gasteiger partial charge in [0.25, 0.3) is 11.8 Å². The number of halogens is 1. The number of hydrogen-bond acceptors (Lipinski definition) is 6. The zero-order chi connectivity index (χ0) is 21.3. The van der Waals surface area contributed by atoms with Crippen LogP contribution in [0.2, 0.25) is 0 Å². The molecule has 3 heterocycles. The van der Waals surface area contributed by atoms with Gasteiger partial charge in [0.15, 0.2) is 11.4 Å². The highest BCUT2D eigenvalue weighted by Crippen LogP contribution is 2.21. The minimum absolute atomic E-state index is 0.00409. The highest BCUT2D eigenvalue weighted by atomic mass is 19.1. The molecule has 0 aliphatic heterocycles. The monoisotopic (exact) mass is 406 g/mol. The highest BCUT2D eigenvalue weighted by Gasteiger charge is 2.20. The van der Waals surface area contributed by atoms with Crippen molar-refractivity contribution in [3.8, 4) is 17.1 Å². The zero-order valence-electron chi connectivity index (χ0n) is 15.7. The van der Waals surface area contributed by atoms with Crippen molar-refractivity contribution in [1.82, 2.24) is 19.7 Å². The molecule has 2 amide bonds. The number of anilines is 1. The van der Waals surface area contributed by atoms with Crippen LogP contribution >= 0.6 is 0 Å². The highest BCUT2D eigenvalue weighted by molar-refractivity contribution is 6.07. The number of benzene rings is 1. The average Bonchev–Trinajstić information content (AvgIpc) is 3.36. The van der Waals surface area contributed by atoms with Crippen molar-refractivity contribution in [1.29, 1.82) is 0 Å². The summed E-state index contributed by atoms with van der Waals surface area (Å²) in [5, 5.41) is 6.63. The number of nitrogens with zero attached hydrogens (tertiary/aromatic N) is 4. The van der Waals surface area contributed by atoms with Crippen molar-refractivity contribution in [3.05, 3.63) is 78.0 Å². The predicted octanol–water partition coefficient (Wildman–Crippen LogP) is 2.72. The Morgan fingerprint density at radius 3 is 2.67 bits per heavy atom. The predicted molar refractivity (Wildman–Crippen MR) is 104 cm³/mol. The number of oxazole rings is 1. The van der Waals surface area contributed by atoms with Gasteiger partial charge in [0.1, 0.15) is 12.1 Å². The fourth-order valence-corrected chi connectivity index (χ4v) is 2.75. The molecule has 9 nitrogen and oxygen atoms in total. The molecule has 0 bridgehead atoms. The Hall–Kier alpha value is -4.34. The second-order valence-electron chi connectivity index (χ2n) is 6.35. The van der Waals surface area contributed by atoms with Crippen LogP contribution in [0, 0.1) is 12.7 Å². The normalized spacial score (nSPS) is 10.7. The molecule has 0 saturated heterocycles. The van der Waals surface area contributed by atoms with Crippen LogP contribution in [0.25, 0.3) is 17.1 Å². The quantitative estimate of drug-likeness (QED) is 0.524. The smallest absolute Gasteiger partial charge is 0.277 e. The van der Waals surface area contributed by atoms with Crippen molar-refractivity contribution in [2.75, 3.05) is 5.32 Å². The van der Waals surface area contributed by atoms with Crippen molar-refractivity contribution in [3.63, 3.8) is 0 Å². The first-order chi connectivity index (χ1) is 14.4. The maximum Gasteiger partial charge on any atom is 0.277 e. The second-order valence-corrected chi connectivity index (χ2v) is 6.35. The van der Waals surface area contributed by atoms with E-state index in [1.807, 2.05) is 6.92 Å². The minimum atomic E-state index is -0.834. The maximum atomic E-state index is 13.1. The maximum absolute atomic E-state index is 13.1. The molecule has 0 aliphatic carbocycles. The van der Waals surface area contributed by atoms with Gasteiger partial charge in [-0.3, -0.25) is 14.6 Å². The molecule has 0 saturated carbocycles. The minimum Gasteiger partial charge on any atom is -0.444 e. The number of nitrogens with two attached hydrogens (primary N) is 1. The Bertz CT molecular complexity index is 1250. The molecular weight excluding hydrogens is 391 g/mol. The lowest BCUT2D eigenvalue weighted by molar-refractivity contribution is 0.0996. The van der Waals surface area contributed by atoms with E-state index >= 15 is 0 Å². The number of amides is 2. The third kappa shape index (κ3) is 3.78. The largest absolute Gasteiger partial charge is 0.444 e. The summed E-state index contributed by atoms with van der Waals surface area (Å²) in [6, 6.07) is 8.91. The number of aryl methyl sites for hydroxylation is 1. The van der Waals surface area contributed by atoms with Gasteiger partial charge < -0.3 is 15.5 Å². The number of carbonyl (C=O) groups is 2. The fourth-order valence-electron chi connectivity index (χ4n) is 2.75. The summed E-state index contributed by atoms with van der Waals surface area (Å²) >= 11 is 0. The molecule has 0 aliphatic rings. The Kier molecular flexibility index (Phi) is 4.80. The van der Waals surface area contributed by atoms with Crippen molar-refractivity contribution in [2.24, 2.45) is 5.73 Å². The molecule has 4 rings (SSSR count). The van der Waals surface area contributed by atoms with Crippen LogP contribution in [-0.4, -0.2) is 31.6 Å². The van der Waals surface area contributed by atoms with Gasteiger partial charge in [-0.15, -0.1) is 0 Å². The molecule has 4 aromatic rings. The molecule has 30 heavy (non-hydrogen) atoms. The molecule has 1 aromatic carbocycles. The number of hydrogen-bond donors (Lipinski definition) is 2. The van der Waals surface area contributed by atoms with E-state index in [1.165, 1.54) is 41.4 Å². The van der Waals surface area contributed by atoms with E-state index in [0.717, 1.165) is 5.69 Å². The number of carbonyl (C=O) groups excluding carboxylic acids is 2. The first-order valence-electron chi connectivity index (χ1n) is 8.76. The van der Waals surface area contributed by atoms with Crippen molar-refractivity contribution >= 4 is 17.5 Å². The van der Waals surface area contributed by atoms with E-state index in [1.54, 1.807) is 18.3 Å². The summed E-state index contributed by atoms with van der Waals surface area (Å²) < 4.78 is 19.8. The van der Waals surface area contributed by atoms with E-state index in [2.05, 4.69) is 20.4 Å². The molecule has 0 unspecified atom stereocenters. The Morgan fingerprint density at radius 1 is 1.20 bits per heavy atom. The lowest BCUT2D eigenvalue weighted by Crippen LogP contribution is -2.18. The van der Waals surface area contributed by atoms with Crippen molar-refractivity contribution in [2.45, 2.75) is 6.92 Å². The number of nitrogens with one attached hydrogen (secondary N) is 1. The van der Waals surface area contributed by atoms with Crippen LogP contribution in [-0.2, 0) is 0 Å². The standard InChI is InChI=1S/C20H15FN6O3/c1-11-8-12(6-7-23-11)20-25-16(10-30-20)19(29)24-15-9-27(26-17(15)18(22)28)14-4-2-13(21)3-5-14/h2-10H,1H3,(H2,22,28)(H,24,29). The summed E-state index contributed by atoms with van der Waals surface area (Å²) in [5.41, 5.74) is 7.24. The summed E-state index contributed by atoms with van der Waals surface area (Å²) in [6.07, 6.45) is 4.21. The summed E-state index contributed by atoms with van der Waals surface area (Å²) in [5.74, 6) is -1.61. The third-order valence-corrected chi connectivity index (χ3v) is 4.17. The molecule has 0 radical (unpaired) electrons. The van der Waals surface area contributed by atoms with Gasteiger partial charge in [0.05, 0.1) is 17.6 Å². The van der Waals surface area contributed by atoms with E-state index in [4.69, 9.17) is 10.2 Å². The lowest BCUT2D eigenvalue weighted by Gasteiger charge is -2.01. The average molecular weight is 406 g/mol. The van der Waals surface area contributed by atoms with Crippen LogP contribution in [0.15, 0.2) is 59.5 Å². The topological polar surface area (TPSA) is 129 Å². The van der Waals surface area contributed by atoms with E-state index in [-0.39, 0.29) is 23.0 Å². The SMILES string of the molecule is Cc1cc(-c2nc(C(=O)Nc3cn(-c4ccc(F)cc4)nc3C(N)=O)co2)ccn1. The van der Waals surface area contributed by atoms with Crippen LogP contribution in [0.1, 0.15) is 26.7 Å². The molecule has 3 aromatic heterocycles. The molecule has 0 spiro atoms. The molecule has 150 valence electrons. The van der Waals surface area contributed by atoms with Crippen LogP contribution in [0.4, 0.5) is 10.1 Å². The van der Waals surface area contributed by atoms with E-state index < -0.39 is 17.6 Å². The Morgan fingerprint density at radius 2 is 1.97 bits per heavy atom. The Balaban J connectivity index is 1.60. The van der Waals surface area contributed by atoms with Gasteiger partial charge in [0.2, 0.25) is 5.89 Å². The van der Waals surface area contributed by atoms with Crippen LogP contribution in [0.5, 0.6) is 0 Å². The van der Waals surface area contributed by atoms with Crippen molar-refractivity contribution < 1.29 is 18.4 Å². The summed E-state index contributed by atoms with van der Waals surface area (Å²) in [6.45, 7) is 1.82. The second kappa shape index (κ2) is 7.59. The van der Waals surface area contributed by atoms with Gasteiger partial charge in [-0.05, 0) is 43.3 Å². The number of rotatable bonds is 5. The molecule has 0 atom stereocenters. The number of primary amides is 1. The van der Waals surface area contributed by atoms with Gasteiger partial charge >= 0.3 is 0 Å². The van der Waals surface area contributed by atoms with Gasteiger partial charge in [-0.2, -0.15) is 5.10 Å². The number of aromatic nitrogens is 4. The zero-order valence-corrected chi connectivity index (χ0v) is 15.7. The molecular formula is C20H15FN6O3. The summed E-state index contributed by atoms with van der Waals surface area (Å²) in [4.78, 5) is 32.6. The van der Waals surface area contributed by atoms with Gasteiger partial charge in [-0.1, -0.05) is 0 Å². The molecule has 0 fully saturated rings. The van der Waals surface area contributed by atoms with Crippen LogP contribution < -0.4 is 11.1 Å². The Labute approximate surface area is 169 Å². The van der Waals surface area contributed by atoms with E-state index in [0.29, 0.717) is 11.3 Å². The lowest BCUT2D eigenvalue weighted by atomic mass is 10.2. The first-order valence-corrected chi connectivity index (χ1v) is 8.76. The third-order valence-electron chi connectivity index (χ3n) is 4.17. The van der Waals surface area contributed by atoms with Gasteiger partial charge in [-0.25, -0.2) is 14.1 Å². The van der Waals surface area contributed by atoms with E-state index in [9.17, 15) is 14.0 Å². The molecule has 10 heteroatoms. The molecule has 3 N–H and O–H groups in total. The van der Waals surface area contributed by atoms with Gasteiger partial charge in [0, 0.05) is 17.5 Å². The number of pyridine rings is 1. The fraction of sp³-hybridized carbons (Fsp3) is 0.0500. The van der Waals surface area contributed by atoms with Crippen LogP contribution in [0.3, 0.4) is 0 Å². The summed E-state index contributed by atoms with van der Waals surface area (Å²) in [7, 11) is 0. The first kappa shape index (κ1) is 19.0.